The minimum absolute atomic E-state index is 0.0305. The van der Waals surface area contributed by atoms with E-state index in [1.807, 2.05) is 31.2 Å². The molecule has 2 heterocycles. The van der Waals surface area contributed by atoms with Crippen molar-refractivity contribution >= 4 is 44.1 Å². The predicted molar refractivity (Wildman–Crippen MR) is 230 cm³/mol. The number of aliphatic imine (C=N–C) groups is 2. The average Bonchev–Trinajstić information content (AvgIpc) is 3.58. The number of aliphatic hydroxyl groups excluding tert-OH is 3. The van der Waals surface area contributed by atoms with Gasteiger partial charge in [0.05, 0.1) is 22.4 Å². The van der Waals surface area contributed by atoms with Crippen LogP contribution in [0.2, 0.25) is 0 Å². The molecule has 2 aromatic rings. The zero-order chi connectivity index (χ0) is 41.7. The molecule has 0 saturated heterocycles. The quantitative estimate of drug-likeness (QED) is 0.0532. The molecule has 1 aromatic heterocycles. The fraction of sp³-hybridized carbons (Fsp3) is 0.535. The van der Waals surface area contributed by atoms with Gasteiger partial charge in [-0.05, 0) is 99.1 Å². The molecule has 4 aliphatic carbocycles. The number of para-hydroxylation sites is 1. The average molecular weight is 814 g/mol. The van der Waals surface area contributed by atoms with E-state index in [0.717, 1.165) is 55.5 Å². The number of benzene rings is 1. The van der Waals surface area contributed by atoms with E-state index in [2.05, 4.69) is 34.0 Å². The van der Waals surface area contributed by atoms with Gasteiger partial charge in [0, 0.05) is 80.3 Å². The molecular weight excluding hydrogens is 755 g/mol. The van der Waals surface area contributed by atoms with Crippen molar-refractivity contribution in [3.63, 3.8) is 0 Å². The van der Waals surface area contributed by atoms with E-state index in [1.54, 1.807) is 37.1 Å². The van der Waals surface area contributed by atoms with Gasteiger partial charge in [-0.2, -0.15) is 0 Å². The summed E-state index contributed by atoms with van der Waals surface area (Å²) < 4.78 is 7.90. The first-order chi connectivity index (χ1) is 27.6. The molecule has 14 nitrogen and oxygen atoms in total. The maximum atomic E-state index is 10.5. The third-order valence-corrected chi connectivity index (χ3v) is 14.7. The Bertz CT molecular complexity index is 2120. The maximum absolute atomic E-state index is 10.5. The lowest BCUT2D eigenvalue weighted by atomic mass is 9.03. The van der Waals surface area contributed by atoms with E-state index in [0.29, 0.717) is 59.4 Å². The summed E-state index contributed by atoms with van der Waals surface area (Å²) in [5.41, 5.74) is 16.1. The molecule has 0 bridgehead atoms. The highest BCUT2D eigenvalue weighted by molar-refractivity contribution is 7.22. The van der Waals surface area contributed by atoms with Crippen LogP contribution in [-0.2, 0) is 4.74 Å². The monoisotopic (exact) mass is 813 g/mol. The smallest absolute Gasteiger partial charge is 0.299 e. The summed E-state index contributed by atoms with van der Waals surface area (Å²) in [6.45, 7) is 12.4. The fourth-order valence-corrected chi connectivity index (χ4v) is 13.3. The summed E-state index contributed by atoms with van der Waals surface area (Å²) in [5.74, 6) is -0.158. The van der Waals surface area contributed by atoms with Gasteiger partial charge < -0.3 is 51.7 Å². The van der Waals surface area contributed by atoms with E-state index in [1.165, 1.54) is 17.5 Å². The Hall–Kier alpha value is -4.54. The Morgan fingerprint density at radius 1 is 1.03 bits per heavy atom. The van der Waals surface area contributed by atoms with Crippen LogP contribution in [-0.4, -0.2) is 111 Å². The van der Waals surface area contributed by atoms with Gasteiger partial charge in [0.25, 0.3) is 5.95 Å². The van der Waals surface area contributed by atoms with Gasteiger partial charge in [0.15, 0.2) is 0 Å². The van der Waals surface area contributed by atoms with Crippen LogP contribution in [0.5, 0.6) is 0 Å². The molecule has 312 valence electrons. The van der Waals surface area contributed by atoms with Crippen molar-refractivity contribution in [3.8, 4) is 0 Å². The Balaban J connectivity index is 1.04. The van der Waals surface area contributed by atoms with Crippen molar-refractivity contribution in [2.45, 2.75) is 71.8 Å². The van der Waals surface area contributed by atoms with Crippen molar-refractivity contribution in [3.05, 3.63) is 82.9 Å². The Morgan fingerprint density at radius 3 is 2.31 bits per heavy atom. The Morgan fingerprint density at radius 2 is 1.71 bits per heavy atom. The number of fused-ring (bicyclic) bond motifs is 1. The van der Waals surface area contributed by atoms with Crippen LogP contribution in [0.1, 0.15) is 66.2 Å². The third kappa shape index (κ3) is 6.46. The lowest BCUT2D eigenvalue weighted by Gasteiger charge is -3.02. The van der Waals surface area contributed by atoms with Crippen LogP contribution >= 0.6 is 11.3 Å². The maximum Gasteiger partial charge on any atom is 0.299 e. The second kappa shape index (κ2) is 15.6. The molecule has 2 unspecified atom stereocenters. The van der Waals surface area contributed by atoms with Gasteiger partial charge in [0.2, 0.25) is 5.13 Å². The number of aliphatic hydroxyl groups is 4. The summed E-state index contributed by atoms with van der Waals surface area (Å²) >= 11 is 1.43. The second-order valence-electron chi connectivity index (χ2n) is 17.4. The molecule has 4 saturated carbocycles. The van der Waals surface area contributed by atoms with Crippen LogP contribution in [0.3, 0.4) is 0 Å². The number of aromatic nitrogens is 1. The summed E-state index contributed by atoms with van der Waals surface area (Å²) in [6.07, 6.45) is 12.3. The molecule has 5 aliphatic rings. The third-order valence-electron chi connectivity index (χ3n) is 13.7. The number of nitrogens with two attached hydrogens (primary N) is 2. The molecule has 0 radical (unpaired) electrons. The predicted octanol–water partition coefficient (Wildman–Crippen LogP) is 5.52. The molecule has 7 rings (SSSR count). The molecular formula is C43H59N9O5S. The first-order valence-electron chi connectivity index (χ1n) is 20.2. The van der Waals surface area contributed by atoms with Crippen LogP contribution in [0, 0.1) is 27.1 Å². The van der Waals surface area contributed by atoms with E-state index < -0.39 is 5.95 Å². The van der Waals surface area contributed by atoms with Gasteiger partial charge in [-0.15, -0.1) is 0 Å². The highest BCUT2D eigenvalue weighted by Crippen LogP contribution is 3.03. The molecule has 4 fully saturated rings. The molecule has 2 atom stereocenters. The van der Waals surface area contributed by atoms with Crippen LogP contribution in [0.25, 0.3) is 10.2 Å². The number of thiazole rings is 1. The van der Waals surface area contributed by atoms with Crippen molar-refractivity contribution in [2.75, 3.05) is 53.0 Å². The highest BCUT2D eigenvalue weighted by atomic mass is 32.1. The van der Waals surface area contributed by atoms with E-state index in [4.69, 9.17) is 26.6 Å². The van der Waals surface area contributed by atoms with Gasteiger partial charge in [-0.1, -0.05) is 37.3 Å². The van der Waals surface area contributed by atoms with E-state index >= 15 is 0 Å². The molecule has 1 aromatic carbocycles. The lowest BCUT2D eigenvalue weighted by Crippen LogP contribution is -3.01. The summed E-state index contributed by atoms with van der Waals surface area (Å²) in [5, 5.41) is 52.2. The molecule has 1 aliphatic heterocycles. The SMILES string of the molecule is CC(=CC(=N)N(C)C1=CC=C(C(=CN)C(C)=NCC23CC4(C)CC5(OCCN(CCCO)CCCO)CC(C)(C2)C435)C(=C(O)O)N1)C(N)=Nc1nc2ccccc2s1. The number of dihydropyridines is 1. The molecule has 1 spiro atoms. The number of nitrogens with one attached hydrogen (secondary N) is 2. The largest absolute Gasteiger partial charge is 0.480 e. The standard InChI is InChI=1S/C43H59N9O5S/c1-27(36(46)50-38-48-31-10-6-7-11-32(31)58-38)20-33(45)51(5)34-13-12-29(35(49-34)37(55)56)30(21-44)28(2)47-26-41-22-39(3)24-42(25-40(4,23-41)43(39,41)42)57-19-16-52(14-8-17-53)15-9-18-54/h6-7,10-13,20-21,45,49,53-56H,8-9,14-19,22-26,44H2,1-5H3,(H2,46,48,50). The normalized spacial score (nSPS) is 30.2. The number of nitrogens with zero attached hydrogens (tertiary/aromatic N) is 5. The summed E-state index contributed by atoms with van der Waals surface area (Å²) in [4.78, 5) is 18.0. The molecule has 15 heteroatoms. The first kappa shape index (κ1) is 41.6. The number of hydrogen-bond acceptors (Lipinski definition) is 13. The Labute approximate surface area is 344 Å². The van der Waals surface area contributed by atoms with E-state index in [-0.39, 0.29) is 57.8 Å². The van der Waals surface area contributed by atoms with Crippen LogP contribution < -0.4 is 16.8 Å². The summed E-state index contributed by atoms with van der Waals surface area (Å²) in [6, 6.07) is 7.76. The molecule has 10 N–H and O–H groups in total. The number of allylic oxidation sites excluding steroid dienone is 3. The topological polar surface area (TPSA) is 222 Å². The zero-order valence-electron chi connectivity index (χ0n) is 34.3. The summed E-state index contributed by atoms with van der Waals surface area (Å²) in [7, 11) is 1.69. The molecule has 0 amide bonds. The van der Waals surface area contributed by atoms with Gasteiger partial charge in [-0.3, -0.25) is 10.4 Å². The number of rotatable bonds is 18. The van der Waals surface area contributed by atoms with Gasteiger partial charge in [-0.25, -0.2) is 9.98 Å². The minimum Gasteiger partial charge on any atom is -0.480 e. The van der Waals surface area contributed by atoms with Crippen molar-refractivity contribution < 1.29 is 25.2 Å². The van der Waals surface area contributed by atoms with Crippen LogP contribution in [0.4, 0.5) is 5.13 Å². The highest BCUT2D eigenvalue weighted by Gasteiger charge is 3.02. The second-order valence-corrected chi connectivity index (χ2v) is 18.4. The van der Waals surface area contributed by atoms with Crippen molar-refractivity contribution in [1.82, 2.24) is 20.1 Å². The first-order valence-corrected chi connectivity index (χ1v) is 21.0. The van der Waals surface area contributed by atoms with Crippen molar-refractivity contribution in [1.29, 1.82) is 5.41 Å². The van der Waals surface area contributed by atoms with Crippen molar-refractivity contribution in [2.24, 2.45) is 43.1 Å². The fourth-order valence-electron chi connectivity index (χ4n) is 12.4. The minimum atomic E-state index is -0.915. The number of amidine groups is 2. The number of hydrogen-bond donors (Lipinski definition) is 8. The van der Waals surface area contributed by atoms with Gasteiger partial charge >= 0.3 is 0 Å². The lowest BCUT2D eigenvalue weighted by molar-refractivity contribution is -0.565. The number of ether oxygens (including phenoxy) is 1. The molecule has 58 heavy (non-hydrogen) atoms. The van der Waals surface area contributed by atoms with Gasteiger partial charge in [0.1, 0.15) is 23.2 Å². The zero-order valence-corrected chi connectivity index (χ0v) is 35.1. The number of likely N-dealkylation sites (N-methyl/N-ethyl adjacent to an activating group) is 1. The van der Waals surface area contributed by atoms with E-state index in [9.17, 15) is 20.4 Å². The van der Waals surface area contributed by atoms with Crippen LogP contribution in [0.15, 0.2) is 92.9 Å². The Kier molecular flexibility index (Phi) is 11.2.